The Morgan fingerprint density at radius 2 is 1.89 bits per heavy atom. The Balaban J connectivity index is 2.00. The summed E-state index contributed by atoms with van der Waals surface area (Å²) >= 11 is 11.0. The molecule has 0 aromatic heterocycles. The number of para-hydroxylation sites is 1. The fourth-order valence-electron chi connectivity index (χ4n) is 2.48. The Morgan fingerprint density at radius 3 is 2.59 bits per heavy atom. The van der Waals surface area contributed by atoms with Crippen molar-refractivity contribution in [3.63, 3.8) is 0 Å². The second kappa shape index (κ2) is 7.99. The number of hydrogen-bond donors (Lipinski definition) is 1. The molecule has 0 radical (unpaired) electrons. The van der Waals surface area contributed by atoms with Gasteiger partial charge in [0.1, 0.15) is 17.4 Å². The molecule has 2 aromatic rings. The van der Waals surface area contributed by atoms with E-state index in [4.69, 9.17) is 33.8 Å². The van der Waals surface area contributed by atoms with Gasteiger partial charge < -0.3 is 4.74 Å². The molecule has 1 saturated heterocycles. The molecule has 0 aliphatic carbocycles. The van der Waals surface area contributed by atoms with E-state index in [1.54, 1.807) is 48.5 Å². The van der Waals surface area contributed by atoms with Crippen molar-refractivity contribution >= 4 is 52.5 Å². The number of carbonyl (C=O) groups excluding carboxylic acids is 2. The molecule has 1 N–H and O–H groups in total. The van der Waals surface area contributed by atoms with Crippen LogP contribution in [0.1, 0.15) is 5.56 Å². The third-order valence-electron chi connectivity index (χ3n) is 3.70. The number of halogens is 1. The molecular weight excluding hydrogens is 386 g/mol. The van der Waals surface area contributed by atoms with Crippen LogP contribution >= 0.6 is 23.8 Å². The number of benzene rings is 2. The van der Waals surface area contributed by atoms with E-state index in [9.17, 15) is 9.59 Å². The van der Waals surface area contributed by atoms with E-state index in [0.717, 1.165) is 0 Å². The first-order valence-electron chi connectivity index (χ1n) is 7.77. The molecule has 6 nitrogen and oxygen atoms in total. The Bertz CT molecular complexity index is 996. The van der Waals surface area contributed by atoms with E-state index in [1.807, 2.05) is 6.07 Å². The second-order valence-corrected chi connectivity index (χ2v) is 6.24. The standard InChI is InChI=1S/C19H12ClN3O3S/c20-13-5-7-14(8-6-13)23-18(25)15(17(24)22-19(23)27)11-12-3-1-2-4-16(12)26-10-9-21/h1-8,11H,10H2,(H,22,24,27)/b15-11+. The lowest BCUT2D eigenvalue weighted by Gasteiger charge is -2.29. The molecule has 1 fully saturated rings. The fraction of sp³-hybridized carbons (Fsp3) is 0.0526. The number of nitriles is 1. The average molecular weight is 398 g/mol. The highest BCUT2D eigenvalue weighted by Gasteiger charge is 2.34. The lowest BCUT2D eigenvalue weighted by atomic mass is 10.1. The van der Waals surface area contributed by atoms with Crippen LogP contribution in [0.4, 0.5) is 5.69 Å². The van der Waals surface area contributed by atoms with Gasteiger partial charge in [0.15, 0.2) is 11.7 Å². The van der Waals surface area contributed by atoms with Crippen LogP contribution in [0.25, 0.3) is 6.08 Å². The Kier molecular flexibility index (Phi) is 5.50. The van der Waals surface area contributed by atoms with Crippen LogP contribution < -0.4 is 15.0 Å². The second-order valence-electron chi connectivity index (χ2n) is 5.42. The fourth-order valence-corrected chi connectivity index (χ4v) is 2.89. The molecule has 1 aliphatic rings. The van der Waals surface area contributed by atoms with Crippen molar-refractivity contribution < 1.29 is 14.3 Å². The van der Waals surface area contributed by atoms with Crippen molar-refractivity contribution in [2.75, 3.05) is 11.5 Å². The van der Waals surface area contributed by atoms with Crippen molar-refractivity contribution in [2.24, 2.45) is 0 Å². The molecule has 3 rings (SSSR count). The summed E-state index contributed by atoms with van der Waals surface area (Å²) in [5.41, 5.74) is 0.871. The summed E-state index contributed by atoms with van der Waals surface area (Å²) in [5.74, 6) is -0.787. The van der Waals surface area contributed by atoms with E-state index in [2.05, 4.69) is 5.32 Å². The number of rotatable bonds is 4. The van der Waals surface area contributed by atoms with Gasteiger partial charge in [-0.1, -0.05) is 29.8 Å². The highest BCUT2D eigenvalue weighted by molar-refractivity contribution is 7.80. The molecule has 0 saturated carbocycles. The third kappa shape index (κ3) is 3.97. The predicted molar refractivity (Wildman–Crippen MR) is 105 cm³/mol. The summed E-state index contributed by atoms with van der Waals surface area (Å²) in [5, 5.41) is 11.7. The van der Waals surface area contributed by atoms with Crippen LogP contribution in [-0.2, 0) is 9.59 Å². The lowest BCUT2D eigenvalue weighted by Crippen LogP contribution is -2.54. The molecule has 1 heterocycles. The first-order chi connectivity index (χ1) is 13.0. The van der Waals surface area contributed by atoms with Gasteiger partial charge in [0.2, 0.25) is 0 Å². The largest absolute Gasteiger partial charge is 0.478 e. The summed E-state index contributed by atoms with van der Waals surface area (Å²) in [6, 6.07) is 15.2. The number of amides is 2. The monoisotopic (exact) mass is 397 g/mol. The first kappa shape index (κ1) is 18.6. The van der Waals surface area contributed by atoms with Crippen LogP contribution in [0.5, 0.6) is 5.75 Å². The van der Waals surface area contributed by atoms with Gasteiger partial charge in [-0.3, -0.25) is 19.8 Å². The van der Waals surface area contributed by atoms with E-state index in [-0.39, 0.29) is 17.3 Å². The van der Waals surface area contributed by atoms with Crippen LogP contribution in [0.15, 0.2) is 54.1 Å². The van der Waals surface area contributed by atoms with Crippen LogP contribution in [0, 0.1) is 11.3 Å². The van der Waals surface area contributed by atoms with Crippen LogP contribution in [0.3, 0.4) is 0 Å². The van der Waals surface area contributed by atoms with Gasteiger partial charge in [-0.15, -0.1) is 0 Å². The van der Waals surface area contributed by atoms with E-state index in [1.165, 1.54) is 11.0 Å². The first-order valence-corrected chi connectivity index (χ1v) is 8.55. The Morgan fingerprint density at radius 1 is 1.19 bits per heavy atom. The van der Waals surface area contributed by atoms with E-state index < -0.39 is 11.8 Å². The summed E-state index contributed by atoms with van der Waals surface area (Å²) in [4.78, 5) is 26.5. The Labute approximate surface area is 165 Å². The van der Waals surface area contributed by atoms with Crippen molar-refractivity contribution in [1.29, 1.82) is 5.26 Å². The normalized spacial score (nSPS) is 15.5. The highest BCUT2D eigenvalue weighted by Crippen LogP contribution is 2.26. The van der Waals surface area contributed by atoms with Gasteiger partial charge >= 0.3 is 0 Å². The van der Waals surface area contributed by atoms with E-state index in [0.29, 0.717) is 22.0 Å². The number of carbonyl (C=O) groups is 2. The number of nitrogens with zero attached hydrogens (tertiary/aromatic N) is 2. The molecule has 0 spiro atoms. The maximum absolute atomic E-state index is 12.9. The summed E-state index contributed by atoms with van der Waals surface area (Å²) in [6.45, 7) is -0.151. The zero-order chi connectivity index (χ0) is 19.4. The van der Waals surface area contributed by atoms with Gasteiger partial charge in [-0.2, -0.15) is 5.26 Å². The minimum absolute atomic E-state index is 0.0153. The lowest BCUT2D eigenvalue weighted by molar-refractivity contribution is -0.122. The topological polar surface area (TPSA) is 82.4 Å². The average Bonchev–Trinajstić information content (AvgIpc) is 2.65. The summed E-state index contributed by atoms with van der Waals surface area (Å²) in [7, 11) is 0. The molecule has 2 aromatic carbocycles. The highest BCUT2D eigenvalue weighted by atomic mass is 35.5. The van der Waals surface area contributed by atoms with Gasteiger partial charge in [-0.25, -0.2) is 0 Å². The molecule has 27 heavy (non-hydrogen) atoms. The minimum atomic E-state index is -0.606. The molecule has 8 heteroatoms. The van der Waals surface area contributed by atoms with Gasteiger partial charge in [0.25, 0.3) is 11.8 Å². The third-order valence-corrected chi connectivity index (χ3v) is 4.23. The maximum atomic E-state index is 12.9. The zero-order valence-corrected chi connectivity index (χ0v) is 15.4. The SMILES string of the molecule is N#CCOc1ccccc1/C=C1\C(=O)NC(=S)N(c2ccc(Cl)cc2)C1=O. The number of thiocarbonyl (C=S) groups is 1. The van der Waals surface area contributed by atoms with E-state index >= 15 is 0 Å². The number of anilines is 1. The van der Waals surface area contributed by atoms with Crippen LogP contribution in [-0.4, -0.2) is 23.5 Å². The van der Waals surface area contributed by atoms with Crippen molar-refractivity contribution in [3.05, 3.63) is 64.7 Å². The Hall–Kier alpha value is -3.21. The molecule has 0 bridgehead atoms. The number of nitrogens with one attached hydrogen (secondary N) is 1. The zero-order valence-electron chi connectivity index (χ0n) is 13.8. The quantitative estimate of drug-likeness (QED) is 0.487. The van der Waals surface area contributed by atoms with Crippen molar-refractivity contribution in [1.82, 2.24) is 5.32 Å². The molecule has 0 atom stereocenters. The predicted octanol–water partition coefficient (Wildman–Crippen LogP) is 3.07. The van der Waals surface area contributed by atoms with Gasteiger partial charge in [-0.05, 0) is 48.6 Å². The molecule has 0 unspecified atom stereocenters. The molecule has 134 valence electrons. The number of ether oxygens (including phenoxy) is 1. The van der Waals surface area contributed by atoms with Crippen molar-refractivity contribution in [2.45, 2.75) is 0 Å². The summed E-state index contributed by atoms with van der Waals surface area (Å²) < 4.78 is 5.34. The smallest absolute Gasteiger partial charge is 0.270 e. The maximum Gasteiger partial charge on any atom is 0.270 e. The van der Waals surface area contributed by atoms with Crippen LogP contribution in [0.2, 0.25) is 5.02 Å². The summed E-state index contributed by atoms with van der Waals surface area (Å²) in [6.07, 6.45) is 1.41. The molecular formula is C19H12ClN3O3S. The molecule has 1 aliphatic heterocycles. The van der Waals surface area contributed by atoms with Gasteiger partial charge in [0, 0.05) is 10.6 Å². The number of hydrogen-bond acceptors (Lipinski definition) is 5. The van der Waals surface area contributed by atoms with Gasteiger partial charge in [0.05, 0.1) is 5.69 Å². The minimum Gasteiger partial charge on any atom is -0.478 e. The van der Waals surface area contributed by atoms with Crippen molar-refractivity contribution in [3.8, 4) is 11.8 Å². The molecule has 2 amide bonds.